The van der Waals surface area contributed by atoms with Gasteiger partial charge in [0.1, 0.15) is 5.69 Å². The maximum atomic E-state index is 11.2. The van der Waals surface area contributed by atoms with Gasteiger partial charge in [-0.3, -0.25) is 0 Å². The Morgan fingerprint density at radius 1 is 1.60 bits per heavy atom. The predicted octanol–water partition coefficient (Wildman–Crippen LogP) is 1.06. The number of thioether (sulfide) groups is 1. The molecule has 0 amide bonds. The van der Waals surface area contributed by atoms with Gasteiger partial charge >= 0.3 is 5.97 Å². The quantitative estimate of drug-likeness (QED) is 0.600. The van der Waals surface area contributed by atoms with Gasteiger partial charge in [0.2, 0.25) is 0 Å². The second kappa shape index (κ2) is 6.42. The molecule has 4 nitrogen and oxygen atoms in total. The van der Waals surface area contributed by atoms with Gasteiger partial charge in [-0.25, -0.2) is 9.78 Å². The first-order chi connectivity index (χ1) is 7.27. The van der Waals surface area contributed by atoms with E-state index < -0.39 is 5.97 Å². The molecule has 0 bridgehead atoms. The highest BCUT2D eigenvalue weighted by Crippen LogP contribution is 2.10. The normalized spacial score (nSPS) is 10.0. The van der Waals surface area contributed by atoms with Crippen LogP contribution in [0.5, 0.6) is 0 Å². The zero-order valence-corrected chi connectivity index (χ0v) is 9.42. The van der Waals surface area contributed by atoms with Crippen molar-refractivity contribution in [3.63, 3.8) is 0 Å². The van der Waals surface area contributed by atoms with E-state index in [1.165, 1.54) is 7.11 Å². The summed E-state index contributed by atoms with van der Waals surface area (Å²) in [5.74, 6) is 1.26. The number of carbonyl (C=O) groups is 1. The molecule has 0 fully saturated rings. The van der Waals surface area contributed by atoms with Gasteiger partial charge < -0.3 is 10.5 Å². The molecule has 1 aromatic heterocycles. The van der Waals surface area contributed by atoms with E-state index in [1.807, 2.05) is 6.07 Å². The van der Waals surface area contributed by atoms with Crippen molar-refractivity contribution in [2.24, 2.45) is 5.73 Å². The summed E-state index contributed by atoms with van der Waals surface area (Å²) < 4.78 is 4.59. The standard InChI is InChI=1S/C10H14N2O2S/c1-14-10(13)9-4-2-3-8(12-9)7-15-6-5-11/h2-4H,5-7,11H2,1H3. The largest absolute Gasteiger partial charge is 0.464 e. The molecule has 0 aliphatic heterocycles. The fraction of sp³-hybridized carbons (Fsp3) is 0.400. The second-order valence-electron chi connectivity index (χ2n) is 2.85. The van der Waals surface area contributed by atoms with Gasteiger partial charge in [0, 0.05) is 18.1 Å². The molecule has 15 heavy (non-hydrogen) atoms. The van der Waals surface area contributed by atoms with Crippen LogP contribution >= 0.6 is 11.8 Å². The van der Waals surface area contributed by atoms with Crippen molar-refractivity contribution in [3.05, 3.63) is 29.6 Å². The Morgan fingerprint density at radius 3 is 3.07 bits per heavy atom. The minimum atomic E-state index is -0.402. The molecule has 5 heteroatoms. The smallest absolute Gasteiger partial charge is 0.356 e. The molecule has 0 spiro atoms. The average Bonchev–Trinajstić information content (AvgIpc) is 2.29. The monoisotopic (exact) mass is 226 g/mol. The van der Waals surface area contributed by atoms with E-state index >= 15 is 0 Å². The summed E-state index contributed by atoms with van der Waals surface area (Å²) in [6, 6.07) is 5.33. The maximum absolute atomic E-state index is 11.2. The minimum Gasteiger partial charge on any atom is -0.464 e. The van der Waals surface area contributed by atoms with Crippen molar-refractivity contribution in [1.29, 1.82) is 0 Å². The lowest BCUT2D eigenvalue weighted by Crippen LogP contribution is -2.06. The molecule has 0 radical (unpaired) electrons. The van der Waals surface area contributed by atoms with Crippen molar-refractivity contribution < 1.29 is 9.53 Å². The van der Waals surface area contributed by atoms with Gasteiger partial charge in [0.25, 0.3) is 0 Å². The summed E-state index contributed by atoms with van der Waals surface area (Å²) in [6.07, 6.45) is 0. The van der Waals surface area contributed by atoms with Crippen molar-refractivity contribution in [2.75, 3.05) is 19.4 Å². The van der Waals surface area contributed by atoms with E-state index in [9.17, 15) is 4.79 Å². The number of hydrogen-bond acceptors (Lipinski definition) is 5. The Balaban J connectivity index is 2.62. The van der Waals surface area contributed by atoms with Crippen LogP contribution in [0.25, 0.3) is 0 Å². The van der Waals surface area contributed by atoms with Gasteiger partial charge in [-0.05, 0) is 12.1 Å². The summed E-state index contributed by atoms with van der Waals surface area (Å²) in [5.41, 5.74) is 6.60. The fourth-order valence-corrected chi connectivity index (χ4v) is 1.72. The van der Waals surface area contributed by atoms with Crippen molar-refractivity contribution in [2.45, 2.75) is 5.75 Å². The number of ether oxygens (including phenoxy) is 1. The number of carbonyl (C=O) groups excluding carboxylic acids is 1. The highest BCUT2D eigenvalue weighted by molar-refractivity contribution is 7.98. The number of aromatic nitrogens is 1. The number of nitrogens with zero attached hydrogens (tertiary/aromatic N) is 1. The molecule has 1 aromatic rings. The third kappa shape index (κ3) is 3.89. The zero-order chi connectivity index (χ0) is 11.1. The Hall–Kier alpha value is -1.07. The van der Waals surface area contributed by atoms with E-state index in [0.29, 0.717) is 12.2 Å². The van der Waals surface area contributed by atoms with Crippen LogP contribution in [0.15, 0.2) is 18.2 Å². The van der Waals surface area contributed by atoms with E-state index in [4.69, 9.17) is 5.73 Å². The Kier molecular flexibility index (Phi) is 5.14. The van der Waals surface area contributed by atoms with Gasteiger partial charge in [0.15, 0.2) is 0 Å². The van der Waals surface area contributed by atoms with E-state index in [-0.39, 0.29) is 0 Å². The molecule has 0 aliphatic rings. The molecule has 0 saturated carbocycles. The zero-order valence-electron chi connectivity index (χ0n) is 8.60. The first-order valence-corrected chi connectivity index (χ1v) is 5.75. The summed E-state index contributed by atoms with van der Waals surface area (Å²) in [4.78, 5) is 15.4. The SMILES string of the molecule is COC(=O)c1cccc(CSCCN)n1. The molecule has 1 rings (SSSR count). The highest BCUT2D eigenvalue weighted by Gasteiger charge is 2.06. The summed E-state index contributed by atoms with van der Waals surface area (Å²) in [6.45, 7) is 0.654. The summed E-state index contributed by atoms with van der Waals surface area (Å²) in [5, 5.41) is 0. The number of nitrogens with two attached hydrogens (primary N) is 1. The molecule has 0 unspecified atom stereocenters. The van der Waals surface area contributed by atoms with Gasteiger partial charge in [-0.2, -0.15) is 11.8 Å². The highest BCUT2D eigenvalue weighted by atomic mass is 32.2. The van der Waals surface area contributed by atoms with Gasteiger partial charge in [-0.1, -0.05) is 6.07 Å². The van der Waals surface area contributed by atoms with Crippen LogP contribution in [-0.2, 0) is 10.5 Å². The minimum absolute atomic E-state index is 0.350. The maximum Gasteiger partial charge on any atom is 0.356 e. The Morgan fingerprint density at radius 2 is 2.40 bits per heavy atom. The van der Waals surface area contributed by atoms with Crippen molar-refractivity contribution >= 4 is 17.7 Å². The van der Waals surface area contributed by atoms with E-state index in [2.05, 4.69) is 9.72 Å². The van der Waals surface area contributed by atoms with Crippen LogP contribution in [0.3, 0.4) is 0 Å². The molecular formula is C10H14N2O2S. The lowest BCUT2D eigenvalue weighted by Gasteiger charge is -2.02. The first-order valence-electron chi connectivity index (χ1n) is 4.60. The molecule has 0 atom stereocenters. The van der Waals surface area contributed by atoms with E-state index in [1.54, 1.807) is 23.9 Å². The predicted molar refractivity (Wildman–Crippen MR) is 60.8 cm³/mol. The molecule has 1 heterocycles. The van der Waals surface area contributed by atoms with Gasteiger partial charge in [-0.15, -0.1) is 0 Å². The molecule has 0 saturated heterocycles. The van der Waals surface area contributed by atoms with Crippen LogP contribution in [0, 0.1) is 0 Å². The first kappa shape index (κ1) is 12.0. The number of methoxy groups -OCH3 is 1. The molecule has 2 N–H and O–H groups in total. The fourth-order valence-electron chi connectivity index (χ4n) is 1.04. The molecule has 82 valence electrons. The van der Waals surface area contributed by atoms with E-state index in [0.717, 1.165) is 17.2 Å². The van der Waals surface area contributed by atoms with Crippen molar-refractivity contribution in [1.82, 2.24) is 4.98 Å². The summed E-state index contributed by atoms with van der Waals surface area (Å²) in [7, 11) is 1.35. The molecule has 0 aromatic carbocycles. The van der Waals surface area contributed by atoms with Crippen LogP contribution in [0.2, 0.25) is 0 Å². The van der Waals surface area contributed by atoms with Crippen molar-refractivity contribution in [3.8, 4) is 0 Å². The molecular weight excluding hydrogens is 212 g/mol. The Bertz CT molecular complexity index is 331. The third-order valence-corrected chi connectivity index (χ3v) is 2.74. The van der Waals surface area contributed by atoms with Gasteiger partial charge in [0.05, 0.1) is 12.8 Å². The second-order valence-corrected chi connectivity index (χ2v) is 3.95. The molecule has 0 aliphatic carbocycles. The van der Waals surface area contributed by atoms with Crippen LogP contribution in [-0.4, -0.2) is 30.4 Å². The summed E-state index contributed by atoms with van der Waals surface area (Å²) >= 11 is 1.69. The van der Waals surface area contributed by atoms with Crippen LogP contribution in [0.4, 0.5) is 0 Å². The van der Waals surface area contributed by atoms with Crippen LogP contribution in [0.1, 0.15) is 16.2 Å². The topological polar surface area (TPSA) is 65.2 Å². The lowest BCUT2D eigenvalue weighted by atomic mass is 10.3. The number of pyridine rings is 1. The number of esters is 1. The average molecular weight is 226 g/mol. The number of rotatable bonds is 5. The lowest BCUT2D eigenvalue weighted by molar-refractivity contribution is 0.0594. The van der Waals surface area contributed by atoms with Crippen LogP contribution < -0.4 is 5.73 Å². The third-order valence-electron chi connectivity index (χ3n) is 1.71. The Labute approximate surface area is 93.2 Å². The number of hydrogen-bond donors (Lipinski definition) is 1.